The second kappa shape index (κ2) is 13.0. The number of aliphatic hydroxyl groups is 1. The van der Waals surface area contributed by atoms with Crippen molar-refractivity contribution in [3.8, 4) is 0 Å². The number of ether oxygens (including phenoxy) is 1. The van der Waals surface area contributed by atoms with Crippen molar-refractivity contribution in [2.45, 2.75) is 51.1 Å². The molecule has 1 amide bonds. The van der Waals surface area contributed by atoms with E-state index < -0.39 is 24.7 Å². The number of halogens is 3. The summed E-state index contributed by atoms with van der Waals surface area (Å²) < 4.78 is 43.6. The van der Waals surface area contributed by atoms with Crippen molar-refractivity contribution in [2.24, 2.45) is 4.99 Å². The number of carbonyl (C=O) groups is 1. The van der Waals surface area contributed by atoms with E-state index in [1.54, 1.807) is 6.92 Å². The van der Waals surface area contributed by atoms with E-state index in [2.05, 4.69) is 34.1 Å². The Balaban J connectivity index is 1.44. The number of nitrogens with one attached hydrogen (secondary N) is 1. The number of fused-ring (bicyclic) bond motifs is 1. The van der Waals surface area contributed by atoms with Gasteiger partial charge in [0.15, 0.2) is 0 Å². The molecule has 7 nitrogen and oxygen atoms in total. The SMILES string of the molecule is C=N/C=C(\C=C(/C)OC1CCN(CC(F)(F)F)CC1)C(=O)NC[C@H](O)CN1CCc2ccccc2C1. The van der Waals surface area contributed by atoms with Gasteiger partial charge >= 0.3 is 6.18 Å². The lowest BCUT2D eigenvalue weighted by atomic mass is 10.00. The van der Waals surface area contributed by atoms with Gasteiger partial charge in [0, 0.05) is 45.5 Å². The van der Waals surface area contributed by atoms with Gasteiger partial charge in [0.2, 0.25) is 0 Å². The molecule has 0 spiro atoms. The Labute approximate surface area is 210 Å². The zero-order chi connectivity index (χ0) is 26.1. The van der Waals surface area contributed by atoms with Crippen LogP contribution in [0.15, 0.2) is 52.9 Å². The Morgan fingerprint density at radius 3 is 2.61 bits per heavy atom. The fourth-order valence-electron chi connectivity index (χ4n) is 4.60. The summed E-state index contributed by atoms with van der Waals surface area (Å²) in [5.41, 5.74) is 2.81. The first-order valence-electron chi connectivity index (χ1n) is 12.2. The third-order valence-electron chi connectivity index (χ3n) is 6.32. The van der Waals surface area contributed by atoms with Gasteiger partial charge in [-0.3, -0.25) is 19.6 Å². The smallest absolute Gasteiger partial charge is 0.401 e. The van der Waals surface area contributed by atoms with Gasteiger partial charge in [-0.05, 0) is 50.1 Å². The molecule has 1 fully saturated rings. The van der Waals surface area contributed by atoms with Crippen LogP contribution >= 0.6 is 0 Å². The number of aliphatic hydroxyl groups excluding tert-OH is 1. The largest absolute Gasteiger partial charge is 0.495 e. The number of benzene rings is 1. The molecule has 2 N–H and O–H groups in total. The van der Waals surface area contributed by atoms with Crippen molar-refractivity contribution < 1.29 is 27.8 Å². The normalized spacial score (nSPS) is 19.5. The minimum atomic E-state index is -4.21. The molecule has 0 unspecified atom stereocenters. The third-order valence-corrected chi connectivity index (χ3v) is 6.32. The number of likely N-dealkylation sites (tertiary alicyclic amines) is 1. The van der Waals surface area contributed by atoms with Crippen LogP contribution in [0.3, 0.4) is 0 Å². The van der Waals surface area contributed by atoms with Crippen LogP contribution in [0.4, 0.5) is 13.2 Å². The monoisotopic (exact) mass is 508 g/mol. The molecule has 2 aliphatic heterocycles. The van der Waals surface area contributed by atoms with Gasteiger partial charge in [-0.1, -0.05) is 24.3 Å². The Morgan fingerprint density at radius 2 is 1.94 bits per heavy atom. The maximum atomic E-state index is 12.7. The van der Waals surface area contributed by atoms with Gasteiger partial charge in [-0.15, -0.1) is 0 Å². The first-order chi connectivity index (χ1) is 17.1. The number of carbonyl (C=O) groups excluding carboxylic acids is 1. The van der Waals surface area contributed by atoms with Gasteiger partial charge in [-0.2, -0.15) is 13.2 Å². The minimum Gasteiger partial charge on any atom is -0.495 e. The topological polar surface area (TPSA) is 77.4 Å². The number of hydrogen-bond acceptors (Lipinski definition) is 6. The lowest BCUT2D eigenvalue weighted by Crippen LogP contribution is -2.42. The maximum absolute atomic E-state index is 12.7. The molecule has 2 aliphatic rings. The number of amides is 1. The number of β-amino-alcohol motifs (C(OH)–C–C–N with tert-alkyl or cyclic N) is 1. The Morgan fingerprint density at radius 1 is 1.25 bits per heavy atom. The van der Waals surface area contributed by atoms with E-state index >= 15 is 0 Å². The molecule has 36 heavy (non-hydrogen) atoms. The second-order valence-corrected chi connectivity index (χ2v) is 9.35. The maximum Gasteiger partial charge on any atom is 0.401 e. The summed E-state index contributed by atoms with van der Waals surface area (Å²) in [5.74, 6) is 0.0373. The first kappa shape index (κ1) is 27.9. The quantitative estimate of drug-likeness (QED) is 0.220. The molecule has 1 aromatic carbocycles. The van der Waals surface area contributed by atoms with Crippen LogP contribution in [0.25, 0.3) is 0 Å². The van der Waals surface area contributed by atoms with Crippen molar-refractivity contribution in [1.29, 1.82) is 0 Å². The van der Waals surface area contributed by atoms with Crippen LogP contribution in [0.5, 0.6) is 0 Å². The van der Waals surface area contributed by atoms with Crippen molar-refractivity contribution in [1.82, 2.24) is 15.1 Å². The third kappa shape index (κ3) is 9.07. The van der Waals surface area contributed by atoms with Gasteiger partial charge in [0.1, 0.15) is 6.10 Å². The fraction of sp³-hybridized carbons (Fsp3) is 0.538. The second-order valence-electron chi connectivity index (χ2n) is 9.35. The van der Waals surface area contributed by atoms with E-state index in [0.717, 1.165) is 19.5 Å². The number of aliphatic imine (C=N–C) groups is 1. The van der Waals surface area contributed by atoms with Crippen LogP contribution in [0.1, 0.15) is 30.9 Å². The van der Waals surface area contributed by atoms with E-state index in [0.29, 0.717) is 38.2 Å². The summed E-state index contributed by atoms with van der Waals surface area (Å²) in [5, 5.41) is 13.2. The molecule has 1 aromatic rings. The molecular weight excluding hydrogens is 473 g/mol. The van der Waals surface area contributed by atoms with E-state index in [-0.39, 0.29) is 18.2 Å². The zero-order valence-corrected chi connectivity index (χ0v) is 20.6. The summed E-state index contributed by atoms with van der Waals surface area (Å²) in [6.45, 7) is 6.92. The highest BCUT2D eigenvalue weighted by Crippen LogP contribution is 2.22. The van der Waals surface area contributed by atoms with Gasteiger partial charge < -0.3 is 15.2 Å². The van der Waals surface area contributed by atoms with Crippen molar-refractivity contribution in [2.75, 3.05) is 39.3 Å². The van der Waals surface area contributed by atoms with Crippen molar-refractivity contribution in [3.63, 3.8) is 0 Å². The minimum absolute atomic E-state index is 0.0802. The Bertz CT molecular complexity index is 956. The summed E-state index contributed by atoms with van der Waals surface area (Å²) in [4.78, 5) is 19.9. The molecule has 198 valence electrons. The number of nitrogens with zero attached hydrogens (tertiary/aromatic N) is 3. The molecule has 10 heteroatoms. The summed E-state index contributed by atoms with van der Waals surface area (Å²) in [6.07, 6.45) is -0.455. The summed E-state index contributed by atoms with van der Waals surface area (Å²) in [6, 6.07) is 8.26. The molecule has 0 radical (unpaired) electrons. The average Bonchev–Trinajstić information content (AvgIpc) is 2.82. The molecule has 0 aliphatic carbocycles. The highest BCUT2D eigenvalue weighted by molar-refractivity contribution is 5.96. The lowest BCUT2D eigenvalue weighted by molar-refractivity contribution is -0.150. The number of allylic oxidation sites excluding steroid dienone is 1. The molecule has 1 saturated heterocycles. The van der Waals surface area contributed by atoms with E-state index in [1.165, 1.54) is 28.3 Å². The van der Waals surface area contributed by atoms with Crippen LogP contribution in [-0.2, 0) is 22.5 Å². The molecule has 0 aromatic heterocycles. The number of hydrogen-bond donors (Lipinski definition) is 2. The van der Waals surface area contributed by atoms with Crippen LogP contribution in [0, 0.1) is 0 Å². The van der Waals surface area contributed by atoms with Crippen molar-refractivity contribution in [3.05, 3.63) is 59.0 Å². The van der Waals surface area contributed by atoms with Crippen molar-refractivity contribution >= 4 is 12.6 Å². The van der Waals surface area contributed by atoms with E-state index in [4.69, 9.17) is 4.74 Å². The summed E-state index contributed by atoms with van der Waals surface area (Å²) in [7, 11) is 0. The molecule has 0 bridgehead atoms. The average molecular weight is 509 g/mol. The molecule has 1 atom stereocenters. The predicted molar refractivity (Wildman–Crippen MR) is 132 cm³/mol. The lowest BCUT2D eigenvalue weighted by Gasteiger charge is -2.32. The zero-order valence-electron chi connectivity index (χ0n) is 20.6. The Hall–Kier alpha value is -2.69. The molecule has 3 rings (SSSR count). The van der Waals surface area contributed by atoms with E-state index in [1.807, 2.05) is 12.1 Å². The van der Waals surface area contributed by atoms with Crippen LogP contribution in [-0.4, -0.2) is 85.2 Å². The summed E-state index contributed by atoms with van der Waals surface area (Å²) >= 11 is 0. The highest BCUT2D eigenvalue weighted by Gasteiger charge is 2.33. The van der Waals surface area contributed by atoms with Crippen LogP contribution in [0.2, 0.25) is 0 Å². The Kier molecular flexibility index (Phi) is 10.1. The molecule has 0 saturated carbocycles. The van der Waals surface area contributed by atoms with Gasteiger partial charge in [-0.25, -0.2) is 0 Å². The number of piperidine rings is 1. The van der Waals surface area contributed by atoms with Gasteiger partial charge in [0.05, 0.1) is 24.0 Å². The van der Waals surface area contributed by atoms with Gasteiger partial charge in [0.25, 0.3) is 5.91 Å². The first-order valence-corrected chi connectivity index (χ1v) is 12.2. The fourth-order valence-corrected chi connectivity index (χ4v) is 4.60. The predicted octanol–water partition coefficient (Wildman–Crippen LogP) is 3.05. The standard InChI is InChI=1S/C26H35F3N4O3/c1-19(36-24-8-11-32(12-9-24)18-26(27,28)29)13-22(14-30-2)25(35)31-15-23(34)17-33-10-7-20-5-3-4-6-21(20)16-33/h3-6,13-14,23-24,34H,2,7-12,15-18H2,1H3,(H,31,35)/b19-13+,22-14+/t23-/m0/s1. The molecular formula is C26H35F3N4O3. The number of rotatable bonds is 10. The number of alkyl halides is 3. The highest BCUT2D eigenvalue weighted by atomic mass is 19.4. The van der Waals surface area contributed by atoms with Crippen LogP contribution < -0.4 is 5.32 Å². The molecule has 2 heterocycles. The van der Waals surface area contributed by atoms with E-state index in [9.17, 15) is 23.1 Å².